The minimum atomic E-state index is -0.723. The fourth-order valence-corrected chi connectivity index (χ4v) is 3.27. The summed E-state index contributed by atoms with van der Waals surface area (Å²) < 4.78 is 23.6. The highest BCUT2D eigenvalue weighted by molar-refractivity contribution is 5.17. The van der Waals surface area contributed by atoms with Gasteiger partial charge in [-0.3, -0.25) is 0 Å². The Morgan fingerprint density at radius 1 is 0.920 bits per heavy atom. The number of rotatable bonds is 4. The minimum Gasteiger partial charge on any atom is -0.388 e. The molecule has 1 N–H and O–H groups in total. The summed E-state index contributed by atoms with van der Waals surface area (Å²) in [6, 6.07) is 19.7. The summed E-state index contributed by atoms with van der Waals surface area (Å²) in [6.07, 6.45) is -2.25. The summed E-state index contributed by atoms with van der Waals surface area (Å²) in [5, 5.41) is 10.4. The number of hydrogen-bond donors (Lipinski definition) is 1. The van der Waals surface area contributed by atoms with Crippen LogP contribution < -0.4 is 0 Å². The van der Waals surface area contributed by atoms with Crippen molar-refractivity contribution in [3.8, 4) is 0 Å². The monoisotopic (exact) mass is 342 g/mol. The third kappa shape index (κ3) is 3.76. The molecule has 2 aromatic rings. The van der Waals surface area contributed by atoms with Crippen molar-refractivity contribution in [2.24, 2.45) is 0 Å². The van der Waals surface area contributed by atoms with Gasteiger partial charge in [0, 0.05) is 5.56 Å². The maximum absolute atomic E-state index is 10.4. The third-order valence-corrected chi connectivity index (χ3v) is 4.60. The van der Waals surface area contributed by atoms with Gasteiger partial charge in [0.15, 0.2) is 6.29 Å². The molecular weight excluding hydrogens is 320 g/mol. The zero-order valence-electron chi connectivity index (χ0n) is 13.9. The number of benzene rings is 2. The summed E-state index contributed by atoms with van der Waals surface area (Å²) in [6.45, 7) is 1.07. The van der Waals surface area contributed by atoms with Crippen LogP contribution in [-0.4, -0.2) is 42.7 Å². The van der Waals surface area contributed by atoms with E-state index in [1.165, 1.54) is 0 Å². The maximum Gasteiger partial charge on any atom is 0.184 e. The molecule has 2 aromatic carbocycles. The third-order valence-electron chi connectivity index (χ3n) is 4.60. The molecule has 2 aliphatic heterocycles. The molecular formula is C20H22O5. The van der Waals surface area contributed by atoms with Crippen molar-refractivity contribution in [1.29, 1.82) is 0 Å². The van der Waals surface area contributed by atoms with Crippen LogP contribution in [0.3, 0.4) is 0 Å². The zero-order valence-corrected chi connectivity index (χ0v) is 13.9. The molecule has 0 unspecified atom stereocenters. The Labute approximate surface area is 147 Å². The topological polar surface area (TPSA) is 57.2 Å². The molecule has 5 atom stereocenters. The molecule has 25 heavy (non-hydrogen) atoms. The molecule has 2 fully saturated rings. The fraction of sp³-hybridized carbons (Fsp3) is 0.400. The Kier molecular flexibility index (Phi) is 5.10. The van der Waals surface area contributed by atoms with E-state index in [9.17, 15) is 5.11 Å². The van der Waals surface area contributed by atoms with Crippen LogP contribution in [0, 0.1) is 0 Å². The summed E-state index contributed by atoms with van der Waals surface area (Å²) in [5.41, 5.74) is 2.01. The Morgan fingerprint density at radius 2 is 1.64 bits per heavy atom. The van der Waals surface area contributed by atoms with Crippen molar-refractivity contribution in [2.75, 3.05) is 13.2 Å². The second kappa shape index (κ2) is 7.64. The van der Waals surface area contributed by atoms with Crippen LogP contribution in [0.25, 0.3) is 0 Å². The molecule has 0 saturated carbocycles. The summed E-state index contributed by atoms with van der Waals surface area (Å²) in [4.78, 5) is 0. The predicted octanol–water partition coefficient (Wildman–Crippen LogP) is 2.45. The van der Waals surface area contributed by atoms with E-state index in [1.807, 2.05) is 60.7 Å². The number of aliphatic hydroxyl groups is 1. The van der Waals surface area contributed by atoms with E-state index in [1.54, 1.807) is 0 Å². The summed E-state index contributed by atoms with van der Waals surface area (Å²) in [7, 11) is 0. The van der Waals surface area contributed by atoms with Gasteiger partial charge in [-0.05, 0) is 5.56 Å². The smallest absolute Gasteiger partial charge is 0.184 e. The van der Waals surface area contributed by atoms with Gasteiger partial charge in [-0.25, -0.2) is 0 Å². The standard InChI is InChI=1S/C20H22O5/c21-16-12-22-17-13-24-20(15-9-5-2-6-10-15)25-19(17)18(16)23-11-14-7-3-1-4-8-14/h1-10,16-21H,11-13H2/t16-,17+,18+,19-,20-/m0/s1. The quantitative estimate of drug-likeness (QED) is 0.925. The first-order valence-corrected chi connectivity index (χ1v) is 8.58. The number of ether oxygens (including phenoxy) is 4. The molecule has 0 radical (unpaired) electrons. The molecule has 2 heterocycles. The largest absolute Gasteiger partial charge is 0.388 e. The molecule has 5 nitrogen and oxygen atoms in total. The Bertz CT molecular complexity index is 662. The van der Waals surface area contributed by atoms with Gasteiger partial charge in [-0.2, -0.15) is 0 Å². The first-order chi connectivity index (χ1) is 12.3. The molecule has 2 saturated heterocycles. The molecule has 0 aromatic heterocycles. The van der Waals surface area contributed by atoms with Crippen LogP contribution in [0.15, 0.2) is 60.7 Å². The highest BCUT2D eigenvalue weighted by Crippen LogP contribution is 2.33. The van der Waals surface area contributed by atoms with Crippen molar-refractivity contribution in [3.63, 3.8) is 0 Å². The lowest BCUT2D eigenvalue weighted by Gasteiger charge is -2.45. The van der Waals surface area contributed by atoms with E-state index in [4.69, 9.17) is 18.9 Å². The van der Waals surface area contributed by atoms with Crippen LogP contribution in [0.2, 0.25) is 0 Å². The van der Waals surface area contributed by atoms with Crippen molar-refractivity contribution >= 4 is 0 Å². The molecule has 132 valence electrons. The Balaban J connectivity index is 1.47. The average molecular weight is 342 g/mol. The van der Waals surface area contributed by atoms with Gasteiger partial charge in [0.1, 0.15) is 24.4 Å². The van der Waals surface area contributed by atoms with E-state index < -0.39 is 18.5 Å². The first kappa shape index (κ1) is 16.7. The van der Waals surface area contributed by atoms with Crippen molar-refractivity contribution in [1.82, 2.24) is 0 Å². The molecule has 0 bridgehead atoms. The molecule has 0 amide bonds. The van der Waals surface area contributed by atoms with Gasteiger partial charge in [-0.15, -0.1) is 0 Å². The van der Waals surface area contributed by atoms with E-state index >= 15 is 0 Å². The molecule has 0 spiro atoms. The summed E-state index contributed by atoms with van der Waals surface area (Å²) >= 11 is 0. The molecule has 2 aliphatic rings. The number of fused-ring (bicyclic) bond motifs is 1. The van der Waals surface area contributed by atoms with E-state index in [-0.39, 0.29) is 18.8 Å². The first-order valence-electron chi connectivity index (χ1n) is 8.58. The fourth-order valence-electron chi connectivity index (χ4n) is 3.27. The Morgan fingerprint density at radius 3 is 2.40 bits per heavy atom. The minimum absolute atomic E-state index is 0.226. The van der Waals surface area contributed by atoms with Crippen LogP contribution in [-0.2, 0) is 25.6 Å². The molecule has 4 rings (SSSR count). The van der Waals surface area contributed by atoms with Crippen molar-refractivity contribution in [3.05, 3.63) is 71.8 Å². The summed E-state index contributed by atoms with van der Waals surface area (Å²) in [5.74, 6) is 0. The highest BCUT2D eigenvalue weighted by Gasteiger charge is 2.45. The van der Waals surface area contributed by atoms with E-state index in [0.29, 0.717) is 13.2 Å². The van der Waals surface area contributed by atoms with Crippen LogP contribution in [0.5, 0.6) is 0 Å². The molecule has 0 aliphatic carbocycles. The van der Waals surface area contributed by atoms with Crippen LogP contribution in [0.1, 0.15) is 17.4 Å². The van der Waals surface area contributed by atoms with Gasteiger partial charge >= 0.3 is 0 Å². The highest BCUT2D eigenvalue weighted by atomic mass is 16.7. The van der Waals surface area contributed by atoms with Crippen LogP contribution in [0.4, 0.5) is 0 Å². The lowest BCUT2D eigenvalue weighted by molar-refractivity contribution is -0.320. The van der Waals surface area contributed by atoms with Crippen molar-refractivity contribution < 1.29 is 24.1 Å². The average Bonchev–Trinajstić information content (AvgIpc) is 2.68. The normalized spacial score (nSPS) is 32.1. The predicted molar refractivity (Wildman–Crippen MR) is 90.8 cm³/mol. The van der Waals surface area contributed by atoms with E-state index in [2.05, 4.69) is 0 Å². The second-order valence-corrected chi connectivity index (χ2v) is 6.38. The van der Waals surface area contributed by atoms with Gasteiger partial charge in [-0.1, -0.05) is 60.7 Å². The molecule has 5 heteroatoms. The zero-order chi connectivity index (χ0) is 17.1. The van der Waals surface area contributed by atoms with Gasteiger partial charge in [0.05, 0.1) is 19.8 Å². The van der Waals surface area contributed by atoms with E-state index in [0.717, 1.165) is 11.1 Å². The second-order valence-electron chi connectivity index (χ2n) is 6.38. The van der Waals surface area contributed by atoms with Gasteiger partial charge < -0.3 is 24.1 Å². The number of aliphatic hydroxyl groups excluding tert-OH is 1. The van der Waals surface area contributed by atoms with Gasteiger partial charge in [0.2, 0.25) is 0 Å². The van der Waals surface area contributed by atoms with Gasteiger partial charge in [0.25, 0.3) is 0 Å². The lowest BCUT2D eigenvalue weighted by Crippen LogP contribution is -2.59. The SMILES string of the molecule is O[C@H]1CO[C@@H]2CO[C@H](c3ccccc3)O[C@@H]2[C@@H]1OCc1ccccc1. The lowest BCUT2D eigenvalue weighted by atomic mass is 9.98. The number of hydrogen-bond acceptors (Lipinski definition) is 5. The Hall–Kier alpha value is -1.76. The van der Waals surface area contributed by atoms with Crippen LogP contribution >= 0.6 is 0 Å². The van der Waals surface area contributed by atoms with Crippen molar-refractivity contribution in [2.45, 2.75) is 37.3 Å². The maximum atomic E-state index is 10.4.